The SMILES string of the molecule is CCOC(=O)CCN(C(=O)c1ccc2c(c1)nc(COc1ccc(C(=N)N)cc1)n2C)c1ccccc1. The van der Waals surface area contributed by atoms with Gasteiger partial charge in [-0.3, -0.25) is 15.0 Å². The highest BCUT2D eigenvalue weighted by Gasteiger charge is 2.20. The topological polar surface area (TPSA) is 124 Å². The number of rotatable bonds is 10. The van der Waals surface area contributed by atoms with Crippen molar-refractivity contribution in [2.75, 3.05) is 18.1 Å². The number of imidazole rings is 1. The molecule has 0 atom stereocenters. The number of benzene rings is 3. The van der Waals surface area contributed by atoms with E-state index in [1.54, 1.807) is 48.2 Å². The predicted octanol–water partition coefficient (Wildman–Crippen LogP) is 4.04. The molecule has 0 fully saturated rings. The number of hydrogen-bond acceptors (Lipinski definition) is 6. The van der Waals surface area contributed by atoms with E-state index in [1.807, 2.05) is 48.0 Å². The molecule has 0 aliphatic rings. The van der Waals surface area contributed by atoms with Gasteiger partial charge in [-0.05, 0) is 61.5 Å². The molecule has 1 amide bonds. The molecule has 37 heavy (non-hydrogen) atoms. The molecule has 0 spiro atoms. The smallest absolute Gasteiger partial charge is 0.307 e. The quantitative estimate of drug-likeness (QED) is 0.193. The Morgan fingerprint density at radius 3 is 2.41 bits per heavy atom. The number of amidine groups is 1. The van der Waals surface area contributed by atoms with Crippen LogP contribution in [0.25, 0.3) is 11.0 Å². The van der Waals surface area contributed by atoms with E-state index in [2.05, 4.69) is 4.98 Å². The van der Waals surface area contributed by atoms with Crippen molar-refractivity contribution in [3.05, 3.63) is 89.7 Å². The third kappa shape index (κ3) is 5.95. The van der Waals surface area contributed by atoms with Crippen molar-refractivity contribution >= 4 is 34.4 Å². The van der Waals surface area contributed by atoms with E-state index in [0.29, 0.717) is 40.5 Å². The van der Waals surface area contributed by atoms with Crippen molar-refractivity contribution in [3.8, 4) is 5.75 Å². The summed E-state index contributed by atoms with van der Waals surface area (Å²) in [6, 6.07) is 21.6. The molecule has 0 unspecified atom stereocenters. The molecule has 190 valence electrons. The van der Waals surface area contributed by atoms with Gasteiger partial charge in [-0.1, -0.05) is 18.2 Å². The van der Waals surface area contributed by atoms with Gasteiger partial charge in [0.2, 0.25) is 0 Å². The van der Waals surface area contributed by atoms with Gasteiger partial charge in [0.05, 0.1) is 24.1 Å². The van der Waals surface area contributed by atoms with Gasteiger partial charge in [-0.2, -0.15) is 0 Å². The van der Waals surface area contributed by atoms with Crippen LogP contribution in [0.4, 0.5) is 5.69 Å². The first-order valence-electron chi connectivity index (χ1n) is 11.9. The fourth-order valence-corrected chi connectivity index (χ4v) is 3.94. The Morgan fingerprint density at radius 1 is 1.03 bits per heavy atom. The number of fused-ring (bicyclic) bond motifs is 1. The van der Waals surface area contributed by atoms with Gasteiger partial charge in [0.15, 0.2) is 0 Å². The Morgan fingerprint density at radius 2 is 1.73 bits per heavy atom. The average molecular weight is 500 g/mol. The number of carbonyl (C=O) groups excluding carboxylic acids is 2. The average Bonchev–Trinajstić information content (AvgIpc) is 3.23. The predicted molar refractivity (Wildman–Crippen MR) is 142 cm³/mol. The van der Waals surface area contributed by atoms with Gasteiger partial charge in [0.25, 0.3) is 5.91 Å². The zero-order chi connectivity index (χ0) is 26.4. The Labute approximate surface area is 214 Å². The fourth-order valence-electron chi connectivity index (χ4n) is 3.94. The van der Waals surface area contributed by atoms with E-state index < -0.39 is 0 Å². The number of ether oxygens (including phenoxy) is 2. The van der Waals surface area contributed by atoms with E-state index in [-0.39, 0.29) is 37.3 Å². The van der Waals surface area contributed by atoms with Crippen molar-refractivity contribution in [1.29, 1.82) is 5.41 Å². The molecule has 0 aliphatic heterocycles. The molecule has 0 saturated heterocycles. The first kappa shape index (κ1) is 25.4. The number of para-hydroxylation sites is 1. The Balaban J connectivity index is 1.54. The van der Waals surface area contributed by atoms with Gasteiger partial charge < -0.3 is 24.7 Å². The number of nitrogens with zero attached hydrogens (tertiary/aromatic N) is 3. The van der Waals surface area contributed by atoms with Crippen molar-refractivity contribution in [1.82, 2.24) is 9.55 Å². The molecular formula is C28H29N5O4. The molecule has 0 aliphatic carbocycles. The third-order valence-electron chi connectivity index (χ3n) is 5.91. The maximum absolute atomic E-state index is 13.5. The second-order valence-electron chi connectivity index (χ2n) is 8.36. The minimum absolute atomic E-state index is 0.000950. The lowest BCUT2D eigenvalue weighted by Crippen LogP contribution is -2.33. The Kier molecular flexibility index (Phi) is 7.83. The summed E-state index contributed by atoms with van der Waals surface area (Å²) in [6.45, 7) is 2.47. The highest BCUT2D eigenvalue weighted by molar-refractivity contribution is 6.07. The van der Waals surface area contributed by atoms with Crippen LogP contribution in [0.3, 0.4) is 0 Å². The van der Waals surface area contributed by atoms with Gasteiger partial charge in [-0.15, -0.1) is 0 Å². The largest absolute Gasteiger partial charge is 0.486 e. The minimum Gasteiger partial charge on any atom is -0.486 e. The van der Waals surface area contributed by atoms with E-state index in [1.165, 1.54) is 0 Å². The van der Waals surface area contributed by atoms with Gasteiger partial charge >= 0.3 is 5.97 Å². The van der Waals surface area contributed by atoms with Crippen LogP contribution in [0, 0.1) is 5.41 Å². The van der Waals surface area contributed by atoms with Crippen LogP contribution in [0.15, 0.2) is 72.8 Å². The van der Waals surface area contributed by atoms with Crippen LogP contribution in [0.5, 0.6) is 5.75 Å². The van der Waals surface area contributed by atoms with Gasteiger partial charge in [-0.25, -0.2) is 4.98 Å². The number of nitrogens with two attached hydrogens (primary N) is 1. The first-order valence-corrected chi connectivity index (χ1v) is 11.9. The lowest BCUT2D eigenvalue weighted by Gasteiger charge is -2.22. The summed E-state index contributed by atoms with van der Waals surface area (Å²) < 4.78 is 12.8. The molecular weight excluding hydrogens is 470 g/mol. The number of nitrogens with one attached hydrogen (secondary N) is 1. The van der Waals surface area contributed by atoms with Crippen molar-refractivity contribution in [2.24, 2.45) is 12.8 Å². The highest BCUT2D eigenvalue weighted by atomic mass is 16.5. The second kappa shape index (κ2) is 11.4. The Hall–Kier alpha value is -4.66. The van der Waals surface area contributed by atoms with E-state index in [0.717, 1.165) is 5.52 Å². The van der Waals surface area contributed by atoms with Crippen molar-refractivity contribution < 1.29 is 19.1 Å². The molecule has 1 aromatic heterocycles. The number of amides is 1. The lowest BCUT2D eigenvalue weighted by atomic mass is 10.1. The summed E-state index contributed by atoms with van der Waals surface area (Å²) in [6.07, 6.45) is 0.0924. The summed E-state index contributed by atoms with van der Waals surface area (Å²) in [5.41, 5.74) is 8.81. The zero-order valence-electron chi connectivity index (χ0n) is 20.8. The maximum Gasteiger partial charge on any atom is 0.307 e. The molecule has 4 aromatic rings. The molecule has 9 heteroatoms. The zero-order valence-corrected chi connectivity index (χ0v) is 20.8. The molecule has 0 bridgehead atoms. The lowest BCUT2D eigenvalue weighted by molar-refractivity contribution is -0.142. The van der Waals surface area contributed by atoms with Crippen LogP contribution >= 0.6 is 0 Å². The fraction of sp³-hybridized carbons (Fsp3) is 0.214. The number of anilines is 1. The van der Waals surface area contributed by atoms with Crippen LogP contribution in [-0.4, -0.2) is 40.4 Å². The van der Waals surface area contributed by atoms with Crippen LogP contribution in [0.1, 0.15) is 35.1 Å². The molecule has 3 N–H and O–H groups in total. The standard InChI is InChI=1S/C28H29N5O4/c1-3-36-26(34)15-16-33(21-7-5-4-6-8-21)28(35)20-11-14-24-23(17-20)31-25(32(24)2)18-37-22-12-9-19(10-13-22)27(29)30/h4-14,17H,3,15-16,18H2,1-2H3,(H3,29,30). The number of hydrogen-bond donors (Lipinski definition) is 2. The number of aromatic nitrogens is 2. The third-order valence-corrected chi connectivity index (χ3v) is 5.91. The first-order chi connectivity index (χ1) is 17.9. The normalized spacial score (nSPS) is 10.8. The summed E-state index contributed by atoms with van der Waals surface area (Å²) in [5.74, 6) is 0.743. The maximum atomic E-state index is 13.5. The van der Waals surface area contributed by atoms with Crippen molar-refractivity contribution in [2.45, 2.75) is 20.0 Å². The monoisotopic (exact) mass is 499 g/mol. The summed E-state index contributed by atoms with van der Waals surface area (Å²) in [4.78, 5) is 31.8. The number of nitrogen functional groups attached to an aromatic ring is 1. The van der Waals surface area contributed by atoms with Crippen LogP contribution in [0.2, 0.25) is 0 Å². The van der Waals surface area contributed by atoms with Gasteiger partial charge in [0.1, 0.15) is 24.0 Å². The summed E-state index contributed by atoms with van der Waals surface area (Å²) >= 11 is 0. The molecule has 4 rings (SSSR count). The van der Waals surface area contributed by atoms with E-state index >= 15 is 0 Å². The molecule has 0 saturated carbocycles. The van der Waals surface area contributed by atoms with Crippen LogP contribution < -0.4 is 15.4 Å². The minimum atomic E-state index is -0.350. The number of esters is 1. The van der Waals surface area contributed by atoms with E-state index in [4.69, 9.17) is 20.6 Å². The van der Waals surface area contributed by atoms with Crippen molar-refractivity contribution in [3.63, 3.8) is 0 Å². The van der Waals surface area contributed by atoms with Gasteiger partial charge in [0, 0.05) is 30.4 Å². The number of carbonyl (C=O) groups is 2. The molecule has 9 nitrogen and oxygen atoms in total. The highest BCUT2D eigenvalue weighted by Crippen LogP contribution is 2.22. The summed E-state index contributed by atoms with van der Waals surface area (Å²) in [5, 5.41) is 7.49. The number of aryl methyl sites for hydroxylation is 1. The van der Waals surface area contributed by atoms with E-state index in [9.17, 15) is 9.59 Å². The molecule has 0 radical (unpaired) electrons. The van der Waals surface area contributed by atoms with Crippen LogP contribution in [-0.2, 0) is 23.2 Å². The Bertz CT molecular complexity index is 1410. The molecule has 1 heterocycles. The molecule has 3 aromatic carbocycles. The second-order valence-corrected chi connectivity index (χ2v) is 8.36. The summed E-state index contributed by atoms with van der Waals surface area (Å²) in [7, 11) is 1.89.